The van der Waals surface area contributed by atoms with Gasteiger partial charge in [-0.1, -0.05) is 250 Å². The number of rotatable bonds is 7. The van der Waals surface area contributed by atoms with Crippen molar-refractivity contribution in [2.24, 2.45) is 0 Å². The quantitative estimate of drug-likeness (QED) is 0.157. The number of benzene rings is 13. The largest absolute Gasteiger partial charge is 0.310 e. The zero-order chi connectivity index (χ0) is 60.5. The molecule has 85 heavy (non-hydrogen) atoms. The van der Waals surface area contributed by atoms with Crippen LogP contribution in [0.15, 0.2) is 303 Å². The molecule has 2 nitrogen and oxygen atoms in total. The minimum atomic E-state index is -0.799. The Morgan fingerprint density at radius 1 is 0.247 bits per heavy atom. The molecule has 0 amide bonds. The van der Waals surface area contributed by atoms with E-state index in [1.54, 1.807) is 0 Å². The van der Waals surface area contributed by atoms with Crippen LogP contribution >= 0.6 is 0 Å². The average molecular weight is 1090 g/mol. The fraction of sp³-hybridized carbons (Fsp3) is 0.0602. The minimum Gasteiger partial charge on any atom is -0.310 e. The number of hydrogen-bond donors (Lipinski definition) is 0. The molecule has 0 aromatic heterocycles. The summed E-state index contributed by atoms with van der Waals surface area (Å²) in [6.07, 6.45) is 0. The van der Waals surface area contributed by atoms with E-state index in [2.05, 4.69) is 272 Å². The molecule has 13 aromatic rings. The van der Waals surface area contributed by atoms with Gasteiger partial charge in [0.05, 0.1) is 23.4 Å². The first-order valence-corrected chi connectivity index (χ1v) is 29.5. The Hall–Kier alpha value is -10.5. The van der Waals surface area contributed by atoms with Gasteiger partial charge in [-0.15, -0.1) is 0 Å². The summed E-state index contributed by atoms with van der Waals surface area (Å²) in [7, 11) is 0. The standard InChI is InChI=1S/C83H56N2/c1-81(2)70-34-16-9-28-60(70)66-45-43-57(49-76(66)81)85(80-40-22-15-27-59(80)53-23-5-3-6-24-53)58-44-48-69-65-33-14-21-39-75(65)83(79(69)52-58)74-38-20-13-32-64(74)68-47-42-56(51-78(68)83)84(54-25-7-4-8-26-54)55-41-46-67-63-31-12-19-37-73(63)82(77(67)50-55)71-35-17-10-29-61(71)62-30-11-18-36-72(62)82/h3-52H,1-2H3/i3D,5D,6D,23D,24D. The zero-order valence-electron chi connectivity index (χ0n) is 51.9. The van der Waals surface area contributed by atoms with Crippen LogP contribution < -0.4 is 9.80 Å². The van der Waals surface area contributed by atoms with Crippen LogP contribution in [0.5, 0.6) is 0 Å². The van der Waals surface area contributed by atoms with E-state index in [0.717, 1.165) is 45.1 Å². The van der Waals surface area contributed by atoms with Crippen LogP contribution in [0.1, 0.15) is 76.3 Å². The van der Waals surface area contributed by atoms with Crippen LogP contribution in [0.2, 0.25) is 0 Å². The van der Waals surface area contributed by atoms with Crippen molar-refractivity contribution < 1.29 is 6.85 Å². The third-order valence-electron chi connectivity index (χ3n) is 19.6. The van der Waals surface area contributed by atoms with Crippen molar-refractivity contribution >= 4 is 34.1 Å². The van der Waals surface area contributed by atoms with Gasteiger partial charge in [-0.3, -0.25) is 0 Å². The van der Waals surface area contributed by atoms with E-state index in [1.807, 2.05) is 24.3 Å². The first-order chi connectivity index (χ1) is 44.0. The molecule has 0 saturated heterocycles. The molecule has 1 unspecified atom stereocenters. The molecule has 2 spiro atoms. The van der Waals surface area contributed by atoms with E-state index in [9.17, 15) is 2.74 Å². The lowest BCUT2D eigenvalue weighted by Crippen LogP contribution is -2.27. The first-order valence-electron chi connectivity index (χ1n) is 32.0. The van der Waals surface area contributed by atoms with Crippen molar-refractivity contribution in [3.63, 3.8) is 0 Å². The minimum absolute atomic E-state index is 0.149. The monoisotopic (exact) mass is 1090 g/mol. The number of para-hydroxylation sites is 2. The second-order valence-corrected chi connectivity index (χ2v) is 23.8. The van der Waals surface area contributed by atoms with Crippen molar-refractivity contribution in [3.05, 3.63) is 359 Å². The summed E-state index contributed by atoms with van der Waals surface area (Å²) in [5.74, 6) is 0. The predicted octanol–water partition coefficient (Wildman–Crippen LogP) is 21.3. The van der Waals surface area contributed by atoms with Crippen molar-refractivity contribution in [1.82, 2.24) is 0 Å². The molecule has 398 valence electrons. The lowest BCUT2D eigenvalue weighted by Gasteiger charge is -2.34. The predicted molar refractivity (Wildman–Crippen MR) is 351 cm³/mol. The molecular formula is C83H56N2. The van der Waals surface area contributed by atoms with Gasteiger partial charge in [0.15, 0.2) is 0 Å². The topological polar surface area (TPSA) is 6.48 Å². The third kappa shape index (κ3) is 6.38. The second-order valence-electron chi connectivity index (χ2n) is 23.8. The Bertz CT molecular complexity index is 5170. The van der Waals surface area contributed by atoms with E-state index in [-0.39, 0.29) is 35.1 Å². The second kappa shape index (κ2) is 17.7. The number of hydrogen-bond acceptors (Lipinski definition) is 2. The molecule has 1 atom stereocenters. The SMILES string of the molecule is [2H]c1c([2H])c([2H])c(-c2ccccc2N(c2ccc3c(c2)C(C)(C)c2ccccc2-3)c2ccc3c(c2)C2(c4ccccc4-c4ccc(N(c5ccccc5)c5ccc6c(c5)C5(c7ccccc7-c7ccccc75)c5ccccc5-6)cc42)c2ccccc2-3)c([2H])c1[2H]. The van der Waals surface area contributed by atoms with E-state index in [0.29, 0.717) is 11.3 Å². The zero-order valence-corrected chi connectivity index (χ0v) is 46.9. The highest BCUT2D eigenvalue weighted by Crippen LogP contribution is 2.66. The van der Waals surface area contributed by atoms with Gasteiger partial charge >= 0.3 is 0 Å². The van der Waals surface area contributed by atoms with Crippen molar-refractivity contribution in [3.8, 4) is 66.8 Å². The molecular weight excluding hydrogens is 1020 g/mol. The number of nitrogens with zero attached hydrogens (tertiary/aromatic N) is 2. The van der Waals surface area contributed by atoms with Gasteiger partial charge in [0.25, 0.3) is 0 Å². The Morgan fingerprint density at radius 2 is 0.553 bits per heavy atom. The summed E-state index contributed by atoms with van der Waals surface area (Å²) in [5.41, 5.74) is 29.0. The van der Waals surface area contributed by atoms with Crippen LogP contribution in [0.4, 0.5) is 34.1 Å². The highest BCUT2D eigenvalue weighted by atomic mass is 15.2. The molecule has 18 rings (SSSR count). The summed E-state index contributed by atoms with van der Waals surface area (Å²) in [6, 6.07) is 98.3. The van der Waals surface area contributed by atoms with Crippen LogP contribution in [0, 0.1) is 0 Å². The van der Waals surface area contributed by atoms with Crippen LogP contribution in [-0.2, 0) is 16.2 Å². The van der Waals surface area contributed by atoms with Gasteiger partial charge in [0.2, 0.25) is 0 Å². The molecule has 0 bridgehead atoms. The fourth-order valence-electron chi connectivity index (χ4n) is 16.2. The van der Waals surface area contributed by atoms with Crippen molar-refractivity contribution in [2.45, 2.75) is 30.1 Å². The molecule has 0 heterocycles. The highest BCUT2D eigenvalue weighted by molar-refractivity contribution is 6.00. The van der Waals surface area contributed by atoms with E-state index >= 15 is 0 Å². The first kappa shape index (κ1) is 43.2. The lowest BCUT2D eigenvalue weighted by atomic mass is 9.70. The maximum atomic E-state index is 9.38. The normalized spacial score (nSPS) is 16.5. The van der Waals surface area contributed by atoms with Gasteiger partial charge in [-0.05, 0) is 184 Å². The van der Waals surface area contributed by atoms with Crippen molar-refractivity contribution in [1.29, 1.82) is 0 Å². The van der Waals surface area contributed by atoms with Crippen LogP contribution in [-0.4, -0.2) is 0 Å². The molecule has 0 aliphatic heterocycles. The number of anilines is 6. The lowest BCUT2D eigenvalue weighted by molar-refractivity contribution is 0.660. The molecule has 5 aliphatic carbocycles. The van der Waals surface area contributed by atoms with Gasteiger partial charge in [-0.2, -0.15) is 0 Å². The van der Waals surface area contributed by atoms with Gasteiger partial charge < -0.3 is 9.80 Å². The Balaban J connectivity index is 0.872. The van der Waals surface area contributed by atoms with Crippen LogP contribution in [0.25, 0.3) is 66.8 Å². The summed E-state index contributed by atoms with van der Waals surface area (Å²) in [4.78, 5) is 4.70. The summed E-state index contributed by atoms with van der Waals surface area (Å²) >= 11 is 0. The van der Waals surface area contributed by atoms with E-state index in [4.69, 9.17) is 4.11 Å². The maximum Gasteiger partial charge on any atom is 0.0727 e. The summed E-state index contributed by atoms with van der Waals surface area (Å²) in [6.45, 7) is 4.58. The Kier molecular flexibility index (Phi) is 9.01. The average Bonchev–Trinajstić information content (AvgIpc) is 1.52. The Labute approximate surface area is 503 Å². The number of fused-ring (bicyclic) bond motifs is 23. The molecule has 0 saturated carbocycles. The molecule has 5 aliphatic rings. The smallest absolute Gasteiger partial charge is 0.0727 e. The maximum absolute atomic E-state index is 9.38. The molecule has 0 radical (unpaired) electrons. The van der Waals surface area contributed by atoms with E-state index in [1.165, 1.54) is 94.6 Å². The van der Waals surface area contributed by atoms with Crippen molar-refractivity contribution in [2.75, 3.05) is 9.80 Å². The molecule has 0 N–H and O–H groups in total. The van der Waals surface area contributed by atoms with Gasteiger partial charge in [-0.25, -0.2) is 0 Å². The third-order valence-corrected chi connectivity index (χ3v) is 19.6. The Morgan fingerprint density at radius 3 is 0.988 bits per heavy atom. The summed E-state index contributed by atoms with van der Waals surface area (Å²) in [5, 5.41) is 0. The highest BCUT2D eigenvalue weighted by Gasteiger charge is 2.54. The molecule has 0 fully saturated rings. The van der Waals surface area contributed by atoms with Crippen LogP contribution in [0.3, 0.4) is 0 Å². The van der Waals surface area contributed by atoms with Gasteiger partial charge in [0.1, 0.15) is 0 Å². The fourth-order valence-corrected chi connectivity index (χ4v) is 16.2. The van der Waals surface area contributed by atoms with E-state index < -0.39 is 16.9 Å². The summed E-state index contributed by atoms with van der Waals surface area (Å²) < 4.78 is 45.2. The molecule has 13 aromatic carbocycles. The molecule has 2 heteroatoms. The van der Waals surface area contributed by atoms with Gasteiger partial charge in [0, 0.05) is 39.4 Å².